The highest BCUT2D eigenvalue weighted by atomic mass is 32.1. The van der Waals surface area contributed by atoms with Crippen LogP contribution in [0.15, 0.2) is 23.7 Å². The van der Waals surface area contributed by atoms with Gasteiger partial charge in [-0.15, -0.1) is 11.3 Å². The Morgan fingerprint density at radius 1 is 1.47 bits per heavy atom. The lowest BCUT2D eigenvalue weighted by atomic mass is 10.0. The second kappa shape index (κ2) is 6.87. The minimum absolute atomic E-state index is 0.413. The van der Waals surface area contributed by atoms with Crippen LogP contribution in [-0.4, -0.2) is 16.3 Å². The maximum absolute atomic E-state index is 4.46. The van der Waals surface area contributed by atoms with E-state index < -0.39 is 0 Å². The van der Waals surface area contributed by atoms with Crippen LogP contribution in [0.2, 0.25) is 0 Å². The van der Waals surface area contributed by atoms with Crippen LogP contribution >= 0.6 is 11.3 Å². The third-order valence-electron chi connectivity index (χ3n) is 3.33. The summed E-state index contributed by atoms with van der Waals surface area (Å²) in [7, 11) is 1.99. The van der Waals surface area contributed by atoms with Crippen LogP contribution in [0.3, 0.4) is 0 Å². The highest BCUT2D eigenvalue weighted by molar-refractivity contribution is 7.09. The molecule has 0 aromatic carbocycles. The van der Waals surface area contributed by atoms with Crippen molar-refractivity contribution in [3.8, 4) is 0 Å². The molecule has 0 aliphatic heterocycles. The van der Waals surface area contributed by atoms with E-state index in [2.05, 4.69) is 48.0 Å². The van der Waals surface area contributed by atoms with Gasteiger partial charge in [0.15, 0.2) is 0 Å². The second-order valence-corrected chi connectivity index (χ2v) is 6.00. The number of aromatic nitrogens is 2. The molecule has 0 bridgehead atoms. The maximum Gasteiger partial charge on any atom is 0.0641 e. The van der Waals surface area contributed by atoms with E-state index in [1.165, 1.54) is 10.4 Å². The molecule has 4 heteroatoms. The number of nitrogens with one attached hydrogen (secondary N) is 1. The van der Waals surface area contributed by atoms with Gasteiger partial charge in [0.2, 0.25) is 0 Å². The zero-order valence-electron chi connectivity index (χ0n) is 12.0. The van der Waals surface area contributed by atoms with Gasteiger partial charge >= 0.3 is 0 Å². The van der Waals surface area contributed by atoms with E-state index in [1.807, 2.05) is 23.1 Å². The highest BCUT2D eigenvalue weighted by Gasteiger charge is 2.16. The largest absolute Gasteiger partial charge is 0.310 e. The summed E-state index contributed by atoms with van der Waals surface area (Å²) in [6.45, 7) is 5.37. The van der Waals surface area contributed by atoms with Crippen molar-refractivity contribution in [2.24, 2.45) is 7.05 Å². The summed E-state index contributed by atoms with van der Waals surface area (Å²) in [5.74, 6) is 0. The monoisotopic (exact) mass is 277 g/mol. The van der Waals surface area contributed by atoms with E-state index >= 15 is 0 Å². The second-order valence-electron chi connectivity index (χ2n) is 4.97. The predicted octanol–water partition coefficient (Wildman–Crippen LogP) is 3.46. The standard InChI is InChI=1S/C15H23N3S/c1-4-9-16-15(8-7-13-6-5-10-19-13)14-11-18(3)17-12(14)2/h5-6,10-11,15-16H,4,7-9H2,1-3H3. The smallest absolute Gasteiger partial charge is 0.0641 e. The third-order valence-corrected chi connectivity index (χ3v) is 4.26. The van der Waals surface area contributed by atoms with E-state index in [9.17, 15) is 0 Å². The molecule has 0 amide bonds. The van der Waals surface area contributed by atoms with Crippen molar-refractivity contribution in [1.29, 1.82) is 0 Å². The molecule has 0 radical (unpaired) electrons. The minimum atomic E-state index is 0.413. The molecule has 2 aromatic rings. The summed E-state index contributed by atoms with van der Waals surface area (Å²) in [5.41, 5.74) is 2.48. The van der Waals surface area contributed by atoms with Gasteiger partial charge in [0.05, 0.1) is 5.69 Å². The van der Waals surface area contributed by atoms with E-state index in [4.69, 9.17) is 0 Å². The molecule has 0 aliphatic rings. The highest BCUT2D eigenvalue weighted by Crippen LogP contribution is 2.23. The molecular weight excluding hydrogens is 254 g/mol. The lowest BCUT2D eigenvalue weighted by Crippen LogP contribution is -2.23. The molecule has 1 atom stereocenters. The topological polar surface area (TPSA) is 29.9 Å². The van der Waals surface area contributed by atoms with Crippen molar-refractivity contribution in [2.75, 3.05) is 6.54 Å². The Labute approximate surface area is 119 Å². The molecule has 0 saturated carbocycles. The van der Waals surface area contributed by atoms with Crippen LogP contribution in [0.4, 0.5) is 0 Å². The zero-order valence-corrected chi connectivity index (χ0v) is 12.8. The molecule has 3 nitrogen and oxygen atoms in total. The summed E-state index contributed by atoms with van der Waals surface area (Å²) in [6.07, 6.45) is 5.58. The Morgan fingerprint density at radius 3 is 2.89 bits per heavy atom. The van der Waals surface area contributed by atoms with Gasteiger partial charge in [0, 0.05) is 29.7 Å². The van der Waals surface area contributed by atoms with Crippen LogP contribution in [0, 0.1) is 6.92 Å². The van der Waals surface area contributed by atoms with Gasteiger partial charge in [-0.05, 0) is 44.2 Å². The van der Waals surface area contributed by atoms with Crippen molar-refractivity contribution >= 4 is 11.3 Å². The van der Waals surface area contributed by atoms with Crippen LogP contribution in [0.25, 0.3) is 0 Å². The fourth-order valence-corrected chi connectivity index (χ4v) is 3.11. The molecule has 2 aromatic heterocycles. The predicted molar refractivity (Wildman–Crippen MR) is 81.6 cm³/mol. The van der Waals surface area contributed by atoms with Gasteiger partial charge < -0.3 is 5.32 Å². The van der Waals surface area contributed by atoms with Gasteiger partial charge in [-0.1, -0.05) is 13.0 Å². The fourth-order valence-electron chi connectivity index (χ4n) is 2.39. The van der Waals surface area contributed by atoms with Gasteiger partial charge in [0.1, 0.15) is 0 Å². The van der Waals surface area contributed by atoms with Crippen molar-refractivity contribution in [3.05, 3.63) is 39.8 Å². The van der Waals surface area contributed by atoms with Gasteiger partial charge in [-0.25, -0.2) is 0 Å². The maximum atomic E-state index is 4.46. The Hall–Kier alpha value is -1.13. The van der Waals surface area contributed by atoms with Crippen molar-refractivity contribution in [3.63, 3.8) is 0 Å². The molecule has 1 unspecified atom stereocenters. The molecule has 0 aliphatic carbocycles. The first kappa shape index (κ1) is 14.3. The molecule has 0 saturated heterocycles. The van der Waals surface area contributed by atoms with Gasteiger partial charge in [0.25, 0.3) is 0 Å². The number of nitrogens with zero attached hydrogens (tertiary/aromatic N) is 2. The normalized spacial score (nSPS) is 12.8. The van der Waals surface area contributed by atoms with Crippen LogP contribution in [0.1, 0.15) is 41.9 Å². The summed E-state index contributed by atoms with van der Waals surface area (Å²) < 4.78 is 1.91. The molecule has 19 heavy (non-hydrogen) atoms. The number of aryl methyl sites for hydroxylation is 3. The summed E-state index contributed by atoms with van der Waals surface area (Å²) in [4.78, 5) is 1.46. The van der Waals surface area contributed by atoms with E-state index in [0.29, 0.717) is 6.04 Å². The third kappa shape index (κ3) is 3.91. The number of thiophene rings is 1. The number of hydrogen-bond donors (Lipinski definition) is 1. The average molecular weight is 277 g/mol. The summed E-state index contributed by atoms with van der Waals surface area (Å²) in [5, 5.41) is 10.3. The molecule has 2 rings (SSSR count). The van der Waals surface area contributed by atoms with Crippen molar-refractivity contribution in [1.82, 2.24) is 15.1 Å². The minimum Gasteiger partial charge on any atom is -0.310 e. The quantitative estimate of drug-likeness (QED) is 0.840. The molecule has 2 heterocycles. The molecule has 0 spiro atoms. The first-order chi connectivity index (χ1) is 9.20. The van der Waals surface area contributed by atoms with Gasteiger partial charge in [-0.2, -0.15) is 5.10 Å². The Balaban J connectivity index is 2.04. The Kier molecular flexibility index (Phi) is 5.16. The summed E-state index contributed by atoms with van der Waals surface area (Å²) >= 11 is 1.84. The molecular formula is C15H23N3S. The molecule has 1 N–H and O–H groups in total. The molecule has 104 valence electrons. The van der Waals surface area contributed by atoms with Crippen molar-refractivity contribution < 1.29 is 0 Å². The van der Waals surface area contributed by atoms with Crippen LogP contribution in [0.5, 0.6) is 0 Å². The zero-order chi connectivity index (χ0) is 13.7. The Morgan fingerprint density at radius 2 is 2.32 bits per heavy atom. The SMILES string of the molecule is CCCNC(CCc1cccs1)c1cn(C)nc1C. The lowest BCUT2D eigenvalue weighted by Gasteiger charge is -2.17. The first-order valence-corrected chi connectivity index (χ1v) is 7.84. The van der Waals surface area contributed by atoms with Gasteiger partial charge in [-0.3, -0.25) is 4.68 Å². The summed E-state index contributed by atoms with van der Waals surface area (Å²) in [6, 6.07) is 4.76. The lowest BCUT2D eigenvalue weighted by molar-refractivity contribution is 0.498. The van der Waals surface area contributed by atoms with E-state index in [1.54, 1.807) is 0 Å². The van der Waals surface area contributed by atoms with Crippen LogP contribution in [-0.2, 0) is 13.5 Å². The number of hydrogen-bond acceptors (Lipinski definition) is 3. The first-order valence-electron chi connectivity index (χ1n) is 6.96. The number of rotatable bonds is 7. The Bertz CT molecular complexity index is 487. The van der Waals surface area contributed by atoms with Crippen LogP contribution < -0.4 is 5.32 Å². The van der Waals surface area contributed by atoms with Crippen molar-refractivity contribution in [2.45, 2.75) is 39.2 Å². The van der Waals surface area contributed by atoms with E-state index in [-0.39, 0.29) is 0 Å². The average Bonchev–Trinajstić information content (AvgIpc) is 3.00. The fraction of sp³-hybridized carbons (Fsp3) is 0.533. The van der Waals surface area contributed by atoms with E-state index in [0.717, 1.165) is 31.5 Å². The molecule has 0 fully saturated rings.